The molecule has 0 spiro atoms. The minimum absolute atomic E-state index is 0.100. The van der Waals surface area contributed by atoms with Gasteiger partial charge in [-0.3, -0.25) is 4.79 Å². The molecule has 128 valence electrons. The summed E-state index contributed by atoms with van der Waals surface area (Å²) >= 11 is 0. The van der Waals surface area contributed by atoms with Crippen molar-refractivity contribution >= 4 is 29.7 Å². The molecule has 6 heteroatoms. The molecule has 2 aromatic heterocycles. The molecule has 0 bridgehead atoms. The topological polar surface area (TPSA) is 71.8 Å². The fraction of sp³-hybridized carbons (Fsp3) is 0.0500. The van der Waals surface area contributed by atoms with Crippen molar-refractivity contribution in [3.05, 3.63) is 72.7 Å². The van der Waals surface area contributed by atoms with Gasteiger partial charge in [0, 0.05) is 24.5 Å². The van der Waals surface area contributed by atoms with Gasteiger partial charge in [-0.1, -0.05) is 25.3 Å². The minimum atomic E-state index is -0.100. The summed E-state index contributed by atoms with van der Waals surface area (Å²) in [5.41, 5.74) is 5.00. The molecule has 1 amide bonds. The van der Waals surface area contributed by atoms with E-state index in [9.17, 15) is 4.79 Å². The van der Waals surface area contributed by atoms with Gasteiger partial charge in [0.1, 0.15) is 5.82 Å². The fourth-order valence-corrected chi connectivity index (χ4v) is 3.21. The Balaban J connectivity index is 1.85. The summed E-state index contributed by atoms with van der Waals surface area (Å²) in [4.78, 5) is 16.7. The lowest BCUT2D eigenvalue weighted by atomic mass is 9.95. The van der Waals surface area contributed by atoms with Crippen molar-refractivity contribution in [1.82, 2.24) is 20.1 Å². The maximum absolute atomic E-state index is 12.4. The molecular weight excluding hydrogens is 326 g/mol. The number of nitrogens with zero attached hydrogens (tertiary/aromatic N) is 3. The number of aromatic nitrogens is 3. The average Bonchev–Trinajstić information content (AvgIpc) is 3.26. The Morgan fingerprint density at radius 2 is 2.08 bits per heavy atom. The van der Waals surface area contributed by atoms with Crippen LogP contribution in [0.4, 0.5) is 11.5 Å². The van der Waals surface area contributed by atoms with Gasteiger partial charge in [-0.05, 0) is 35.4 Å². The lowest BCUT2D eigenvalue weighted by Gasteiger charge is -2.13. The molecule has 1 aliphatic heterocycles. The Labute approximate surface area is 150 Å². The molecular formula is C20H17N5O. The first-order valence-corrected chi connectivity index (χ1v) is 8.18. The van der Waals surface area contributed by atoms with E-state index in [0.717, 1.165) is 28.1 Å². The highest BCUT2D eigenvalue weighted by Crippen LogP contribution is 2.36. The third kappa shape index (κ3) is 2.48. The van der Waals surface area contributed by atoms with Gasteiger partial charge in [0.2, 0.25) is 0 Å². The van der Waals surface area contributed by atoms with E-state index in [1.54, 1.807) is 29.4 Å². The Bertz CT molecular complexity index is 1020. The molecule has 4 rings (SSSR count). The summed E-state index contributed by atoms with van der Waals surface area (Å²) in [5.74, 6) is 0.588. The number of amides is 1. The predicted molar refractivity (Wildman–Crippen MR) is 103 cm³/mol. The standard InChI is InChI=1S/C20H17N5O/c1-3-17-14(12-23-25(17)4-2)13-8-9-16(19-15(13)11-22-20(19)26)24-18-7-5-6-10-21-18/h3-10,12H,1-2,11H2,(H,21,24)(H,22,26). The van der Waals surface area contributed by atoms with E-state index >= 15 is 0 Å². The van der Waals surface area contributed by atoms with Crippen molar-refractivity contribution in [1.29, 1.82) is 0 Å². The van der Waals surface area contributed by atoms with Crippen LogP contribution in [-0.2, 0) is 6.54 Å². The molecule has 3 aromatic rings. The van der Waals surface area contributed by atoms with E-state index in [4.69, 9.17) is 0 Å². The molecule has 0 unspecified atom stereocenters. The molecule has 3 heterocycles. The van der Waals surface area contributed by atoms with Crippen LogP contribution in [0.1, 0.15) is 21.6 Å². The van der Waals surface area contributed by atoms with Crippen molar-refractivity contribution in [3.8, 4) is 11.1 Å². The molecule has 0 radical (unpaired) electrons. The number of anilines is 2. The first-order chi connectivity index (χ1) is 12.7. The van der Waals surface area contributed by atoms with Gasteiger partial charge < -0.3 is 10.6 Å². The smallest absolute Gasteiger partial charge is 0.254 e. The third-order valence-electron chi connectivity index (χ3n) is 4.38. The van der Waals surface area contributed by atoms with Crippen molar-refractivity contribution in [3.63, 3.8) is 0 Å². The second kappa shape index (κ2) is 6.33. The average molecular weight is 343 g/mol. The van der Waals surface area contributed by atoms with E-state index in [1.165, 1.54) is 0 Å². The molecule has 0 saturated heterocycles. The highest BCUT2D eigenvalue weighted by atomic mass is 16.1. The number of hydrogen-bond donors (Lipinski definition) is 2. The zero-order valence-corrected chi connectivity index (χ0v) is 14.1. The van der Waals surface area contributed by atoms with Crippen LogP contribution in [-0.4, -0.2) is 20.7 Å². The van der Waals surface area contributed by atoms with Gasteiger partial charge in [0.25, 0.3) is 5.91 Å². The summed E-state index contributed by atoms with van der Waals surface area (Å²) in [5, 5.41) is 10.4. The van der Waals surface area contributed by atoms with Crippen LogP contribution in [0.25, 0.3) is 23.4 Å². The first-order valence-electron chi connectivity index (χ1n) is 8.18. The van der Waals surface area contributed by atoms with Crippen LogP contribution in [0.3, 0.4) is 0 Å². The predicted octanol–water partition coefficient (Wildman–Crippen LogP) is 3.68. The zero-order valence-electron chi connectivity index (χ0n) is 14.1. The van der Waals surface area contributed by atoms with Gasteiger partial charge >= 0.3 is 0 Å². The summed E-state index contributed by atoms with van der Waals surface area (Å²) in [6, 6.07) is 9.48. The van der Waals surface area contributed by atoms with E-state index in [1.807, 2.05) is 30.3 Å². The number of pyridine rings is 1. The Kier molecular flexibility index (Phi) is 3.85. The normalized spacial score (nSPS) is 12.4. The number of rotatable bonds is 5. The van der Waals surface area contributed by atoms with Gasteiger partial charge in [0.15, 0.2) is 0 Å². The second-order valence-corrected chi connectivity index (χ2v) is 5.81. The van der Waals surface area contributed by atoms with Gasteiger partial charge in [-0.25, -0.2) is 9.67 Å². The Morgan fingerprint density at radius 3 is 2.81 bits per heavy atom. The highest BCUT2D eigenvalue weighted by molar-refractivity contribution is 6.06. The molecule has 0 fully saturated rings. The van der Waals surface area contributed by atoms with Crippen LogP contribution in [0.2, 0.25) is 0 Å². The minimum Gasteiger partial charge on any atom is -0.348 e. The number of carbonyl (C=O) groups is 1. The van der Waals surface area contributed by atoms with Crippen LogP contribution in [0.5, 0.6) is 0 Å². The summed E-state index contributed by atoms with van der Waals surface area (Å²) in [6.07, 6.45) is 6.84. The summed E-state index contributed by atoms with van der Waals surface area (Å²) in [6.45, 7) is 8.10. The maximum Gasteiger partial charge on any atom is 0.254 e. The van der Waals surface area contributed by atoms with Gasteiger partial charge in [-0.2, -0.15) is 5.10 Å². The number of nitrogens with one attached hydrogen (secondary N) is 2. The van der Waals surface area contributed by atoms with Crippen molar-refractivity contribution < 1.29 is 4.79 Å². The maximum atomic E-state index is 12.4. The number of carbonyl (C=O) groups excluding carboxylic acids is 1. The zero-order chi connectivity index (χ0) is 18.1. The number of benzene rings is 1. The SMILES string of the molecule is C=Cc1c(-c2ccc(Nc3ccccn3)c3c2CNC3=O)cnn1C=C. The monoisotopic (exact) mass is 343 g/mol. The summed E-state index contributed by atoms with van der Waals surface area (Å²) in [7, 11) is 0. The van der Waals surface area contributed by atoms with Crippen molar-refractivity contribution in [2.45, 2.75) is 6.54 Å². The molecule has 2 N–H and O–H groups in total. The van der Waals surface area contributed by atoms with E-state index < -0.39 is 0 Å². The number of hydrogen-bond acceptors (Lipinski definition) is 4. The molecule has 0 aliphatic carbocycles. The van der Waals surface area contributed by atoms with Crippen LogP contribution in [0.15, 0.2) is 55.9 Å². The first kappa shape index (κ1) is 15.8. The molecule has 1 aliphatic rings. The molecule has 1 aromatic carbocycles. The van der Waals surface area contributed by atoms with E-state index in [2.05, 4.69) is 33.9 Å². The van der Waals surface area contributed by atoms with E-state index in [-0.39, 0.29) is 5.91 Å². The highest BCUT2D eigenvalue weighted by Gasteiger charge is 2.27. The van der Waals surface area contributed by atoms with Gasteiger partial charge in [-0.15, -0.1) is 0 Å². The Hall–Kier alpha value is -3.67. The second-order valence-electron chi connectivity index (χ2n) is 5.81. The van der Waals surface area contributed by atoms with Crippen LogP contribution >= 0.6 is 0 Å². The summed E-state index contributed by atoms with van der Waals surface area (Å²) < 4.78 is 1.67. The Morgan fingerprint density at radius 1 is 1.19 bits per heavy atom. The van der Waals surface area contributed by atoms with Crippen molar-refractivity contribution in [2.75, 3.05) is 5.32 Å². The molecule has 6 nitrogen and oxygen atoms in total. The molecule has 26 heavy (non-hydrogen) atoms. The fourth-order valence-electron chi connectivity index (χ4n) is 3.21. The lowest BCUT2D eigenvalue weighted by molar-refractivity contribution is 0.0966. The third-order valence-corrected chi connectivity index (χ3v) is 4.38. The molecule has 0 atom stereocenters. The molecule has 0 saturated carbocycles. The number of fused-ring (bicyclic) bond motifs is 1. The largest absolute Gasteiger partial charge is 0.348 e. The lowest BCUT2D eigenvalue weighted by Crippen LogP contribution is -2.13. The quantitative estimate of drug-likeness (QED) is 0.741. The van der Waals surface area contributed by atoms with Gasteiger partial charge in [0.05, 0.1) is 23.1 Å². The van der Waals surface area contributed by atoms with E-state index in [0.29, 0.717) is 17.9 Å². The van der Waals surface area contributed by atoms with Crippen LogP contribution < -0.4 is 10.6 Å². The van der Waals surface area contributed by atoms with Crippen molar-refractivity contribution in [2.24, 2.45) is 0 Å². The van der Waals surface area contributed by atoms with Crippen LogP contribution in [0, 0.1) is 0 Å².